The molecule has 2 fully saturated rings. The summed E-state index contributed by atoms with van der Waals surface area (Å²) in [5, 5.41) is 2.66. The number of carbonyl (C=O) groups excluding carboxylic acids is 2. The van der Waals surface area contributed by atoms with Crippen LogP contribution in [0.4, 0.5) is 5.69 Å². The average Bonchev–Trinajstić information content (AvgIpc) is 2.99. The van der Waals surface area contributed by atoms with E-state index in [4.69, 9.17) is 4.74 Å². The van der Waals surface area contributed by atoms with Crippen LogP contribution in [0.25, 0.3) is 0 Å². The molecule has 148 valence electrons. The maximum absolute atomic E-state index is 12.4. The van der Waals surface area contributed by atoms with Crippen LogP contribution in [-0.2, 0) is 19.4 Å². The first kappa shape index (κ1) is 19.5. The van der Waals surface area contributed by atoms with Crippen molar-refractivity contribution in [1.82, 2.24) is 10.2 Å². The van der Waals surface area contributed by atoms with E-state index in [0.717, 1.165) is 11.4 Å². The number of nitrogens with zero attached hydrogens (tertiary/aromatic N) is 2. The molecule has 2 amide bonds. The van der Waals surface area contributed by atoms with Crippen molar-refractivity contribution in [3.8, 4) is 5.75 Å². The molecule has 0 bridgehead atoms. The highest BCUT2D eigenvalue weighted by Gasteiger charge is 2.30. The standard InChI is InChI=1S/C18H25N3O5S/c1-26-16-5-3-2-4-15(16)20-7-9-21(10-8-20)18(23)12-17(22)19-14-6-11-27(24,25)13-14/h2-5,14H,6-13H2,1H3,(H,19,22). The third-order valence-corrected chi connectivity index (χ3v) is 6.74. The van der Waals surface area contributed by atoms with Crippen LogP contribution in [-0.4, -0.2) is 76.0 Å². The number of nitrogens with one attached hydrogen (secondary N) is 1. The van der Waals surface area contributed by atoms with Crippen LogP contribution in [0, 0.1) is 0 Å². The van der Waals surface area contributed by atoms with Crippen molar-refractivity contribution >= 4 is 27.3 Å². The predicted molar refractivity (Wildman–Crippen MR) is 102 cm³/mol. The molecule has 0 radical (unpaired) electrons. The molecule has 9 heteroatoms. The number of amides is 2. The molecule has 2 saturated heterocycles. The highest BCUT2D eigenvalue weighted by atomic mass is 32.2. The Morgan fingerprint density at radius 2 is 1.89 bits per heavy atom. The monoisotopic (exact) mass is 395 g/mol. The number of para-hydroxylation sites is 2. The summed E-state index contributed by atoms with van der Waals surface area (Å²) >= 11 is 0. The predicted octanol–water partition coefficient (Wildman–Crippen LogP) is 0.0372. The molecule has 27 heavy (non-hydrogen) atoms. The fourth-order valence-corrected chi connectivity index (χ4v) is 5.20. The topological polar surface area (TPSA) is 96.0 Å². The summed E-state index contributed by atoms with van der Waals surface area (Å²) in [6, 6.07) is 7.37. The Balaban J connectivity index is 1.48. The minimum Gasteiger partial charge on any atom is -0.495 e. The van der Waals surface area contributed by atoms with Gasteiger partial charge >= 0.3 is 0 Å². The van der Waals surface area contributed by atoms with Crippen LogP contribution >= 0.6 is 0 Å². The van der Waals surface area contributed by atoms with Crippen LogP contribution in [0.2, 0.25) is 0 Å². The summed E-state index contributed by atoms with van der Waals surface area (Å²) in [4.78, 5) is 28.3. The Labute approximate surface area is 159 Å². The summed E-state index contributed by atoms with van der Waals surface area (Å²) in [6.07, 6.45) is 0.172. The van der Waals surface area contributed by atoms with E-state index in [1.807, 2.05) is 24.3 Å². The Hall–Kier alpha value is -2.29. The molecule has 1 unspecified atom stereocenters. The van der Waals surface area contributed by atoms with Crippen LogP contribution in [0.5, 0.6) is 5.75 Å². The lowest BCUT2D eigenvalue weighted by Crippen LogP contribution is -2.50. The van der Waals surface area contributed by atoms with Crippen molar-refractivity contribution in [2.75, 3.05) is 49.7 Å². The molecule has 2 aliphatic rings. The van der Waals surface area contributed by atoms with Gasteiger partial charge in [0.05, 0.1) is 24.3 Å². The molecule has 1 aromatic rings. The van der Waals surface area contributed by atoms with Crippen molar-refractivity contribution in [2.24, 2.45) is 0 Å². The summed E-state index contributed by atoms with van der Waals surface area (Å²) < 4.78 is 28.3. The van der Waals surface area contributed by atoms with Gasteiger partial charge in [-0.05, 0) is 18.6 Å². The van der Waals surface area contributed by atoms with Gasteiger partial charge in [-0.25, -0.2) is 8.42 Å². The van der Waals surface area contributed by atoms with Gasteiger partial charge in [0.25, 0.3) is 0 Å². The molecule has 2 heterocycles. The van der Waals surface area contributed by atoms with Gasteiger partial charge in [-0.2, -0.15) is 0 Å². The first-order chi connectivity index (χ1) is 12.9. The van der Waals surface area contributed by atoms with E-state index < -0.39 is 15.7 Å². The third-order valence-electron chi connectivity index (χ3n) is 4.97. The second-order valence-electron chi connectivity index (χ2n) is 6.88. The van der Waals surface area contributed by atoms with E-state index in [-0.39, 0.29) is 29.9 Å². The Morgan fingerprint density at radius 1 is 1.19 bits per heavy atom. The number of piperazine rings is 1. The highest BCUT2D eigenvalue weighted by Crippen LogP contribution is 2.28. The number of hydrogen-bond acceptors (Lipinski definition) is 6. The molecule has 2 aliphatic heterocycles. The van der Waals surface area contributed by atoms with E-state index in [1.165, 1.54) is 0 Å². The van der Waals surface area contributed by atoms with Crippen molar-refractivity contribution in [1.29, 1.82) is 0 Å². The first-order valence-electron chi connectivity index (χ1n) is 9.03. The van der Waals surface area contributed by atoms with Crippen molar-refractivity contribution in [2.45, 2.75) is 18.9 Å². The number of sulfone groups is 1. The van der Waals surface area contributed by atoms with E-state index >= 15 is 0 Å². The molecule has 8 nitrogen and oxygen atoms in total. The lowest BCUT2D eigenvalue weighted by molar-refractivity contribution is -0.136. The van der Waals surface area contributed by atoms with Gasteiger partial charge in [-0.3, -0.25) is 9.59 Å². The highest BCUT2D eigenvalue weighted by molar-refractivity contribution is 7.91. The summed E-state index contributed by atoms with van der Waals surface area (Å²) in [6.45, 7) is 2.38. The van der Waals surface area contributed by atoms with Crippen LogP contribution in [0.1, 0.15) is 12.8 Å². The lowest BCUT2D eigenvalue weighted by atomic mass is 10.2. The van der Waals surface area contributed by atoms with Gasteiger partial charge in [0.15, 0.2) is 9.84 Å². The van der Waals surface area contributed by atoms with E-state index in [9.17, 15) is 18.0 Å². The number of rotatable bonds is 5. The fourth-order valence-electron chi connectivity index (χ4n) is 3.52. The van der Waals surface area contributed by atoms with Crippen LogP contribution < -0.4 is 15.0 Å². The summed E-state index contributed by atoms with van der Waals surface area (Å²) in [5.41, 5.74) is 0.993. The molecule has 0 saturated carbocycles. The van der Waals surface area contributed by atoms with Crippen molar-refractivity contribution in [3.05, 3.63) is 24.3 Å². The largest absolute Gasteiger partial charge is 0.495 e. The molecule has 1 aromatic carbocycles. The minimum absolute atomic E-state index is 0.0372. The maximum atomic E-state index is 12.4. The zero-order valence-electron chi connectivity index (χ0n) is 15.4. The van der Waals surface area contributed by atoms with E-state index in [0.29, 0.717) is 32.6 Å². The Bertz CT molecular complexity index is 803. The van der Waals surface area contributed by atoms with Gasteiger partial charge in [0.2, 0.25) is 11.8 Å². The smallest absolute Gasteiger partial charge is 0.232 e. The quantitative estimate of drug-likeness (QED) is 0.707. The molecular weight excluding hydrogens is 370 g/mol. The molecule has 0 aromatic heterocycles. The van der Waals surface area contributed by atoms with Gasteiger partial charge < -0.3 is 19.9 Å². The molecule has 0 aliphatic carbocycles. The molecule has 3 rings (SSSR count). The zero-order chi connectivity index (χ0) is 19.4. The second kappa shape index (κ2) is 8.16. The number of benzene rings is 1. The fraction of sp³-hybridized carbons (Fsp3) is 0.556. The van der Waals surface area contributed by atoms with Crippen LogP contribution in [0.3, 0.4) is 0 Å². The number of methoxy groups -OCH3 is 1. The molecule has 0 spiro atoms. The van der Waals surface area contributed by atoms with Gasteiger partial charge in [-0.1, -0.05) is 12.1 Å². The maximum Gasteiger partial charge on any atom is 0.232 e. The molecular formula is C18H25N3O5S. The van der Waals surface area contributed by atoms with Gasteiger partial charge in [0, 0.05) is 32.2 Å². The minimum atomic E-state index is -3.05. The Morgan fingerprint density at radius 3 is 2.52 bits per heavy atom. The van der Waals surface area contributed by atoms with Crippen LogP contribution in [0.15, 0.2) is 24.3 Å². The normalized spacial score (nSPS) is 21.7. The lowest BCUT2D eigenvalue weighted by Gasteiger charge is -2.36. The number of hydrogen-bond donors (Lipinski definition) is 1. The molecule has 1 N–H and O–H groups in total. The number of anilines is 1. The van der Waals surface area contributed by atoms with E-state index in [2.05, 4.69) is 10.2 Å². The van der Waals surface area contributed by atoms with Gasteiger partial charge in [-0.15, -0.1) is 0 Å². The number of carbonyl (C=O) groups is 2. The first-order valence-corrected chi connectivity index (χ1v) is 10.9. The van der Waals surface area contributed by atoms with Crippen molar-refractivity contribution in [3.63, 3.8) is 0 Å². The van der Waals surface area contributed by atoms with Gasteiger partial charge in [0.1, 0.15) is 12.2 Å². The SMILES string of the molecule is COc1ccccc1N1CCN(C(=O)CC(=O)NC2CCS(=O)(=O)C2)CC1. The Kier molecular flexibility index (Phi) is 5.88. The van der Waals surface area contributed by atoms with Crippen molar-refractivity contribution < 1.29 is 22.7 Å². The zero-order valence-corrected chi connectivity index (χ0v) is 16.2. The summed E-state index contributed by atoms with van der Waals surface area (Å²) in [5.74, 6) is 0.215. The van der Waals surface area contributed by atoms with E-state index in [1.54, 1.807) is 12.0 Å². The third kappa shape index (κ3) is 4.91. The second-order valence-corrected chi connectivity index (χ2v) is 9.11. The average molecular weight is 395 g/mol. The summed E-state index contributed by atoms with van der Waals surface area (Å²) in [7, 11) is -1.42. The molecule has 1 atom stereocenters. The number of ether oxygens (including phenoxy) is 1.